The third-order valence-electron chi connectivity index (χ3n) is 7.12. The first kappa shape index (κ1) is 30.3. The van der Waals surface area contributed by atoms with Crippen molar-refractivity contribution < 1.29 is 23.9 Å². The number of fused-ring (bicyclic) bond motifs is 1. The predicted octanol–water partition coefficient (Wildman–Crippen LogP) is 6.47. The molecule has 10 heteroatoms. The fraction of sp³-hybridized carbons (Fsp3) is 0.242. The van der Waals surface area contributed by atoms with Gasteiger partial charge in [-0.3, -0.25) is 14.5 Å². The number of benzene rings is 3. The second kappa shape index (κ2) is 13.9. The van der Waals surface area contributed by atoms with Crippen molar-refractivity contribution in [2.24, 2.45) is 0 Å². The highest BCUT2D eigenvalue weighted by molar-refractivity contribution is 8.00. The number of esters is 1. The predicted molar refractivity (Wildman–Crippen MR) is 171 cm³/mol. The summed E-state index contributed by atoms with van der Waals surface area (Å²) in [6, 6.07) is 24.6. The van der Waals surface area contributed by atoms with Gasteiger partial charge < -0.3 is 20.1 Å². The van der Waals surface area contributed by atoms with Crippen LogP contribution < -0.4 is 15.4 Å². The Labute approximate surface area is 259 Å². The molecule has 1 aliphatic heterocycles. The second-order valence-corrected chi connectivity index (χ2v) is 12.6. The number of thiophene rings is 1. The van der Waals surface area contributed by atoms with Gasteiger partial charge in [0.1, 0.15) is 10.8 Å². The van der Waals surface area contributed by atoms with Gasteiger partial charge in [-0.05, 0) is 60.9 Å². The summed E-state index contributed by atoms with van der Waals surface area (Å²) in [6.45, 7) is 4.15. The van der Waals surface area contributed by atoms with E-state index in [4.69, 9.17) is 9.47 Å². The van der Waals surface area contributed by atoms with Crippen molar-refractivity contribution in [2.75, 3.05) is 31.4 Å². The summed E-state index contributed by atoms with van der Waals surface area (Å²) in [5, 5.41) is 5.96. The molecule has 222 valence electrons. The Hall–Kier alpha value is -4.12. The summed E-state index contributed by atoms with van der Waals surface area (Å²) < 4.78 is 10.3. The fourth-order valence-corrected chi connectivity index (χ4v) is 7.13. The van der Waals surface area contributed by atoms with Crippen LogP contribution in [0.15, 0.2) is 83.8 Å². The third kappa shape index (κ3) is 7.45. The van der Waals surface area contributed by atoms with E-state index in [1.165, 1.54) is 35.8 Å². The quantitative estimate of drug-likeness (QED) is 0.156. The van der Waals surface area contributed by atoms with Crippen LogP contribution in [0.3, 0.4) is 0 Å². The lowest BCUT2D eigenvalue weighted by Gasteiger charge is -2.27. The topological polar surface area (TPSA) is 97.0 Å². The summed E-state index contributed by atoms with van der Waals surface area (Å²) in [5.74, 6) is -0.320. The van der Waals surface area contributed by atoms with Gasteiger partial charge >= 0.3 is 5.97 Å². The Balaban J connectivity index is 1.25. The van der Waals surface area contributed by atoms with E-state index < -0.39 is 11.2 Å². The summed E-state index contributed by atoms with van der Waals surface area (Å²) >= 11 is 2.81. The number of methoxy groups -OCH3 is 2. The van der Waals surface area contributed by atoms with Crippen molar-refractivity contribution in [1.29, 1.82) is 0 Å². The molecule has 2 amide bonds. The Morgan fingerprint density at radius 1 is 0.977 bits per heavy atom. The summed E-state index contributed by atoms with van der Waals surface area (Å²) in [4.78, 5) is 43.1. The summed E-state index contributed by atoms with van der Waals surface area (Å²) in [6.07, 6.45) is 0.706. The Kier molecular flexibility index (Phi) is 9.81. The summed E-state index contributed by atoms with van der Waals surface area (Å²) in [7, 11) is 2.92. The zero-order valence-corrected chi connectivity index (χ0v) is 25.8. The first-order valence-corrected chi connectivity index (χ1v) is 15.6. The largest absolute Gasteiger partial charge is 0.497 e. The van der Waals surface area contributed by atoms with Crippen LogP contribution in [0.1, 0.15) is 43.6 Å². The van der Waals surface area contributed by atoms with Crippen molar-refractivity contribution in [2.45, 2.75) is 36.6 Å². The molecule has 0 bridgehead atoms. The van der Waals surface area contributed by atoms with Crippen LogP contribution in [-0.2, 0) is 29.0 Å². The van der Waals surface area contributed by atoms with Crippen molar-refractivity contribution in [3.8, 4) is 5.75 Å². The Morgan fingerprint density at radius 2 is 1.77 bits per heavy atom. The number of carbonyl (C=O) groups is 3. The average Bonchev–Trinajstić information content (AvgIpc) is 3.38. The zero-order valence-electron chi connectivity index (χ0n) is 24.2. The number of hydrogen-bond acceptors (Lipinski definition) is 8. The van der Waals surface area contributed by atoms with E-state index in [2.05, 4.69) is 27.7 Å². The van der Waals surface area contributed by atoms with E-state index in [-0.39, 0.29) is 11.8 Å². The molecule has 0 spiro atoms. The number of hydrogen-bond donors (Lipinski definition) is 2. The Morgan fingerprint density at radius 3 is 2.53 bits per heavy atom. The van der Waals surface area contributed by atoms with Gasteiger partial charge in [0.15, 0.2) is 0 Å². The van der Waals surface area contributed by atoms with E-state index in [0.29, 0.717) is 40.5 Å². The number of ether oxygens (including phenoxy) is 2. The van der Waals surface area contributed by atoms with Crippen molar-refractivity contribution >= 4 is 51.6 Å². The number of rotatable bonds is 10. The lowest BCUT2D eigenvalue weighted by molar-refractivity contribution is -0.115. The molecule has 2 heterocycles. The van der Waals surface area contributed by atoms with Crippen LogP contribution in [0.4, 0.5) is 10.7 Å². The van der Waals surface area contributed by atoms with Crippen LogP contribution >= 0.6 is 23.1 Å². The molecule has 2 N–H and O–H groups in total. The van der Waals surface area contributed by atoms with E-state index in [1.807, 2.05) is 43.3 Å². The fourth-order valence-electron chi connectivity index (χ4n) is 4.92. The highest BCUT2D eigenvalue weighted by Crippen LogP contribution is 2.38. The first-order valence-electron chi connectivity index (χ1n) is 13.9. The standard InChI is InChI=1S/C33H33N3O5S2/c1-21(42-26-14-8-12-24(18-26)34-31(38)23-11-7-13-25(17-23)40-2)30(37)35-32-29(33(39)41-3)27-15-16-36(20-28(27)43-32)19-22-9-5-4-6-10-22/h4-14,17-18,21H,15-16,19-20H2,1-3H3,(H,34,38)(H,35,37). The smallest absolute Gasteiger partial charge is 0.341 e. The average molecular weight is 616 g/mol. The van der Waals surface area contributed by atoms with Crippen molar-refractivity contribution in [3.63, 3.8) is 0 Å². The van der Waals surface area contributed by atoms with E-state index in [0.717, 1.165) is 28.4 Å². The molecule has 4 aromatic rings. The molecular weight excluding hydrogens is 583 g/mol. The van der Waals surface area contributed by atoms with Gasteiger partial charge in [-0.15, -0.1) is 23.1 Å². The third-order valence-corrected chi connectivity index (χ3v) is 9.34. The zero-order chi connectivity index (χ0) is 30.3. The molecule has 0 radical (unpaired) electrons. The minimum Gasteiger partial charge on any atom is -0.497 e. The van der Waals surface area contributed by atoms with Crippen LogP contribution in [0.5, 0.6) is 5.75 Å². The number of nitrogens with zero attached hydrogens (tertiary/aromatic N) is 1. The van der Waals surface area contributed by atoms with Gasteiger partial charge in [0, 0.05) is 40.7 Å². The number of amides is 2. The van der Waals surface area contributed by atoms with Gasteiger partial charge in [0.2, 0.25) is 5.91 Å². The SMILES string of the molecule is COC(=O)c1c(NC(=O)C(C)Sc2cccc(NC(=O)c3cccc(OC)c3)c2)sc2c1CCN(Cc1ccccc1)C2. The molecule has 1 unspecified atom stereocenters. The number of nitrogens with one attached hydrogen (secondary N) is 2. The molecule has 43 heavy (non-hydrogen) atoms. The van der Waals surface area contributed by atoms with Crippen LogP contribution in [0.25, 0.3) is 0 Å². The molecule has 0 aliphatic carbocycles. The highest BCUT2D eigenvalue weighted by atomic mass is 32.2. The maximum absolute atomic E-state index is 13.3. The minimum atomic E-state index is -0.469. The van der Waals surface area contributed by atoms with Gasteiger partial charge in [-0.25, -0.2) is 4.79 Å². The maximum Gasteiger partial charge on any atom is 0.341 e. The second-order valence-electron chi connectivity index (χ2n) is 10.1. The van der Waals surface area contributed by atoms with E-state index in [1.54, 1.807) is 37.4 Å². The summed E-state index contributed by atoms with van der Waals surface area (Å²) in [5.41, 5.74) is 3.74. The first-order chi connectivity index (χ1) is 20.8. The van der Waals surface area contributed by atoms with Gasteiger partial charge in [0.25, 0.3) is 5.91 Å². The van der Waals surface area contributed by atoms with Gasteiger partial charge in [-0.2, -0.15) is 0 Å². The van der Waals surface area contributed by atoms with E-state index in [9.17, 15) is 14.4 Å². The van der Waals surface area contributed by atoms with Crippen LogP contribution in [-0.4, -0.2) is 48.7 Å². The van der Waals surface area contributed by atoms with Crippen LogP contribution in [0, 0.1) is 0 Å². The molecule has 0 saturated heterocycles. The number of carbonyl (C=O) groups excluding carboxylic acids is 3. The molecule has 1 aromatic heterocycles. The monoisotopic (exact) mass is 615 g/mol. The Bertz CT molecular complexity index is 1620. The maximum atomic E-state index is 13.3. The normalized spacial score (nSPS) is 13.5. The molecular formula is C33H33N3O5S2. The molecule has 5 rings (SSSR count). The van der Waals surface area contributed by atoms with E-state index >= 15 is 0 Å². The number of anilines is 2. The van der Waals surface area contributed by atoms with Crippen molar-refractivity contribution in [3.05, 3.63) is 106 Å². The molecule has 1 aliphatic rings. The molecule has 0 saturated carbocycles. The minimum absolute atomic E-state index is 0.222. The molecule has 8 nitrogen and oxygen atoms in total. The molecule has 1 atom stereocenters. The highest BCUT2D eigenvalue weighted by Gasteiger charge is 2.30. The van der Waals surface area contributed by atoms with Crippen LogP contribution in [0.2, 0.25) is 0 Å². The van der Waals surface area contributed by atoms with Gasteiger partial charge in [0.05, 0.1) is 25.0 Å². The lowest BCUT2D eigenvalue weighted by atomic mass is 10.0. The van der Waals surface area contributed by atoms with Crippen molar-refractivity contribution in [1.82, 2.24) is 4.90 Å². The van der Waals surface area contributed by atoms with Gasteiger partial charge in [-0.1, -0.05) is 42.5 Å². The number of thioether (sulfide) groups is 1. The molecule has 0 fully saturated rings. The lowest BCUT2D eigenvalue weighted by Crippen LogP contribution is -2.29. The molecule has 3 aromatic carbocycles.